The van der Waals surface area contributed by atoms with Crippen LogP contribution in [-0.2, 0) is 6.18 Å². The third kappa shape index (κ3) is 3.46. The van der Waals surface area contributed by atoms with Gasteiger partial charge in [-0.25, -0.2) is 0 Å². The Morgan fingerprint density at radius 1 is 1.08 bits per heavy atom. The van der Waals surface area contributed by atoms with E-state index in [0.717, 1.165) is 12.1 Å². The van der Waals surface area contributed by atoms with Crippen molar-refractivity contribution in [2.75, 3.05) is 37.4 Å². The molecule has 132 valence electrons. The molecule has 0 unspecified atom stereocenters. The molecule has 1 amide bonds. The molecule has 1 N–H and O–H groups in total. The number of rotatable bonds is 3. The molecule has 7 heteroatoms. The third-order valence-corrected chi connectivity index (χ3v) is 4.06. The number of likely N-dealkylation sites (N-methyl/N-ethyl adjacent to an activating group) is 1. The minimum Gasteiger partial charge on any atom is -0.353 e. The smallest absolute Gasteiger partial charge is 0.353 e. The van der Waals surface area contributed by atoms with E-state index in [1.165, 1.54) is 11.0 Å². The number of alkyl halides is 3. The lowest BCUT2D eigenvalue weighted by molar-refractivity contribution is -0.137. The number of halogens is 3. The van der Waals surface area contributed by atoms with Crippen molar-refractivity contribution in [1.29, 1.82) is 0 Å². The van der Waals surface area contributed by atoms with Gasteiger partial charge in [0, 0.05) is 13.1 Å². The van der Waals surface area contributed by atoms with Crippen LogP contribution >= 0.6 is 0 Å². The standard InChI is InChI=1S/C18H18F3N3O/c1-23(2)9-10-24-16-11-12(18(19,20)21)7-8-15(16)22-14-6-4-3-5-13(14)17(24)25/h3-8,11,22H,9-10H2,1-2H3. The highest BCUT2D eigenvalue weighted by Crippen LogP contribution is 2.39. The summed E-state index contributed by atoms with van der Waals surface area (Å²) in [6.45, 7) is 0.819. The molecule has 25 heavy (non-hydrogen) atoms. The Labute approximate surface area is 143 Å². The normalized spacial score (nSPS) is 14.0. The summed E-state index contributed by atoms with van der Waals surface area (Å²) in [7, 11) is 3.70. The Balaban J connectivity index is 2.13. The lowest BCUT2D eigenvalue weighted by atomic mass is 10.1. The Bertz CT molecular complexity index is 802. The van der Waals surface area contributed by atoms with E-state index in [0.29, 0.717) is 23.5 Å². The summed E-state index contributed by atoms with van der Waals surface area (Å²) in [5, 5.41) is 3.09. The van der Waals surface area contributed by atoms with Crippen molar-refractivity contribution in [3.05, 3.63) is 53.6 Å². The van der Waals surface area contributed by atoms with Crippen molar-refractivity contribution < 1.29 is 18.0 Å². The van der Waals surface area contributed by atoms with Gasteiger partial charge in [-0.1, -0.05) is 12.1 Å². The number of nitrogens with zero attached hydrogens (tertiary/aromatic N) is 2. The van der Waals surface area contributed by atoms with Crippen molar-refractivity contribution in [2.45, 2.75) is 6.18 Å². The molecule has 2 aromatic carbocycles. The van der Waals surface area contributed by atoms with E-state index in [9.17, 15) is 18.0 Å². The molecule has 0 saturated carbocycles. The molecule has 0 atom stereocenters. The Kier molecular flexibility index (Phi) is 4.43. The molecule has 1 aliphatic rings. The van der Waals surface area contributed by atoms with E-state index < -0.39 is 11.7 Å². The van der Waals surface area contributed by atoms with Crippen molar-refractivity contribution in [3.63, 3.8) is 0 Å². The van der Waals surface area contributed by atoms with E-state index in [-0.39, 0.29) is 18.1 Å². The number of amides is 1. The van der Waals surface area contributed by atoms with Gasteiger partial charge >= 0.3 is 6.18 Å². The fourth-order valence-corrected chi connectivity index (χ4v) is 2.74. The first-order valence-electron chi connectivity index (χ1n) is 7.81. The van der Waals surface area contributed by atoms with Crippen molar-refractivity contribution >= 4 is 23.0 Å². The molecule has 1 heterocycles. The van der Waals surface area contributed by atoms with E-state index in [2.05, 4.69) is 5.32 Å². The first-order valence-corrected chi connectivity index (χ1v) is 7.81. The number of anilines is 3. The predicted octanol–water partition coefficient (Wildman–Crippen LogP) is 3.97. The van der Waals surface area contributed by atoms with Gasteiger partial charge in [0.05, 0.1) is 28.2 Å². The molecule has 0 radical (unpaired) electrons. The molecule has 0 aromatic heterocycles. The fraction of sp³-hybridized carbons (Fsp3) is 0.278. The number of carbonyl (C=O) groups is 1. The van der Waals surface area contributed by atoms with Crippen LogP contribution in [0.2, 0.25) is 0 Å². The topological polar surface area (TPSA) is 35.6 Å². The molecule has 0 saturated heterocycles. The Morgan fingerprint density at radius 3 is 2.48 bits per heavy atom. The molecule has 0 fully saturated rings. The van der Waals surface area contributed by atoms with Crippen LogP contribution in [-0.4, -0.2) is 38.0 Å². The number of fused-ring (bicyclic) bond motifs is 2. The summed E-state index contributed by atoms with van der Waals surface area (Å²) in [5.74, 6) is -0.317. The first kappa shape index (κ1) is 17.3. The Morgan fingerprint density at radius 2 is 1.80 bits per heavy atom. The number of hydrogen-bond acceptors (Lipinski definition) is 3. The second-order valence-corrected chi connectivity index (χ2v) is 6.16. The Hall–Kier alpha value is -2.54. The highest BCUT2D eigenvalue weighted by atomic mass is 19.4. The number of carbonyl (C=O) groups excluding carboxylic acids is 1. The molecule has 0 bridgehead atoms. The number of para-hydroxylation sites is 1. The molecule has 4 nitrogen and oxygen atoms in total. The minimum atomic E-state index is -4.47. The van der Waals surface area contributed by atoms with E-state index in [4.69, 9.17) is 0 Å². The summed E-state index contributed by atoms with van der Waals surface area (Å²) in [6, 6.07) is 10.3. The van der Waals surface area contributed by atoms with Gasteiger partial charge < -0.3 is 15.1 Å². The van der Waals surface area contributed by atoms with Gasteiger partial charge in [0.25, 0.3) is 5.91 Å². The van der Waals surface area contributed by atoms with Gasteiger partial charge in [0.1, 0.15) is 0 Å². The van der Waals surface area contributed by atoms with Crippen LogP contribution in [0, 0.1) is 0 Å². The van der Waals surface area contributed by atoms with Gasteiger partial charge in [-0.15, -0.1) is 0 Å². The van der Waals surface area contributed by atoms with Crippen LogP contribution < -0.4 is 10.2 Å². The summed E-state index contributed by atoms with van der Waals surface area (Å²) >= 11 is 0. The summed E-state index contributed by atoms with van der Waals surface area (Å²) < 4.78 is 39.4. The summed E-state index contributed by atoms with van der Waals surface area (Å²) in [4.78, 5) is 16.2. The van der Waals surface area contributed by atoms with Crippen LogP contribution in [0.1, 0.15) is 15.9 Å². The second-order valence-electron chi connectivity index (χ2n) is 6.16. The van der Waals surface area contributed by atoms with Crippen LogP contribution in [0.25, 0.3) is 0 Å². The van der Waals surface area contributed by atoms with Crippen LogP contribution in [0.5, 0.6) is 0 Å². The van der Waals surface area contributed by atoms with Gasteiger partial charge in [0.2, 0.25) is 0 Å². The quantitative estimate of drug-likeness (QED) is 0.911. The zero-order chi connectivity index (χ0) is 18.2. The van der Waals surface area contributed by atoms with Gasteiger partial charge in [0.15, 0.2) is 0 Å². The fourth-order valence-electron chi connectivity index (χ4n) is 2.74. The van der Waals surface area contributed by atoms with Crippen LogP contribution in [0.3, 0.4) is 0 Å². The van der Waals surface area contributed by atoms with Gasteiger partial charge in [-0.2, -0.15) is 13.2 Å². The zero-order valence-corrected chi connectivity index (χ0v) is 13.9. The van der Waals surface area contributed by atoms with E-state index in [1.807, 2.05) is 19.0 Å². The molecule has 2 aromatic rings. The third-order valence-electron chi connectivity index (χ3n) is 4.06. The van der Waals surface area contributed by atoms with Crippen molar-refractivity contribution in [1.82, 2.24) is 4.90 Å². The summed E-state index contributed by atoms with van der Waals surface area (Å²) in [5.41, 5.74) is 0.955. The maximum Gasteiger partial charge on any atom is 0.416 e. The minimum absolute atomic E-state index is 0.234. The molecular weight excluding hydrogens is 331 g/mol. The highest BCUT2D eigenvalue weighted by molar-refractivity contribution is 6.13. The molecule has 0 aliphatic carbocycles. The number of benzene rings is 2. The maximum atomic E-state index is 13.1. The zero-order valence-electron chi connectivity index (χ0n) is 13.9. The van der Waals surface area contributed by atoms with Gasteiger partial charge in [-0.3, -0.25) is 4.79 Å². The first-order chi connectivity index (χ1) is 11.8. The summed E-state index contributed by atoms with van der Waals surface area (Å²) in [6.07, 6.45) is -4.47. The molecular formula is C18H18F3N3O. The maximum absolute atomic E-state index is 13.1. The lowest BCUT2D eigenvalue weighted by Gasteiger charge is -2.25. The van der Waals surface area contributed by atoms with Crippen molar-refractivity contribution in [2.24, 2.45) is 0 Å². The lowest BCUT2D eigenvalue weighted by Crippen LogP contribution is -2.36. The van der Waals surface area contributed by atoms with Crippen molar-refractivity contribution in [3.8, 4) is 0 Å². The molecule has 1 aliphatic heterocycles. The number of hydrogen-bond donors (Lipinski definition) is 1. The van der Waals surface area contributed by atoms with Gasteiger partial charge in [-0.05, 0) is 44.4 Å². The van der Waals surface area contributed by atoms with E-state index in [1.54, 1.807) is 24.3 Å². The van der Waals surface area contributed by atoms with Crippen LogP contribution in [0.4, 0.5) is 30.2 Å². The highest BCUT2D eigenvalue weighted by Gasteiger charge is 2.33. The van der Waals surface area contributed by atoms with E-state index >= 15 is 0 Å². The average molecular weight is 349 g/mol. The monoisotopic (exact) mass is 349 g/mol. The van der Waals surface area contributed by atoms with Crippen LogP contribution in [0.15, 0.2) is 42.5 Å². The largest absolute Gasteiger partial charge is 0.416 e. The average Bonchev–Trinajstić information content (AvgIpc) is 2.66. The second kappa shape index (κ2) is 6.40. The predicted molar refractivity (Wildman–Crippen MR) is 91.4 cm³/mol. The number of nitrogens with one attached hydrogen (secondary N) is 1. The molecule has 3 rings (SSSR count). The SMILES string of the molecule is CN(C)CCN1C(=O)c2ccccc2Nc2ccc(C(F)(F)F)cc21. The molecule has 0 spiro atoms.